The third kappa shape index (κ3) is 4.03. The van der Waals surface area contributed by atoms with Crippen LogP contribution in [0.3, 0.4) is 0 Å². The highest BCUT2D eigenvalue weighted by Gasteiger charge is 2.39. The zero-order valence-electron chi connectivity index (χ0n) is 11.8. The van der Waals surface area contributed by atoms with Gasteiger partial charge in [0.2, 0.25) is 0 Å². The fourth-order valence-electron chi connectivity index (χ4n) is 2.18. The lowest BCUT2D eigenvalue weighted by molar-refractivity contribution is -0.274. The van der Waals surface area contributed by atoms with E-state index in [1.807, 2.05) is 13.8 Å². The summed E-state index contributed by atoms with van der Waals surface area (Å²) in [6, 6.07) is 3.48. The molecule has 1 aliphatic carbocycles. The largest absolute Gasteiger partial charge is 0.573 e. The van der Waals surface area contributed by atoms with Crippen molar-refractivity contribution < 1.29 is 22.7 Å². The molecule has 0 aliphatic heterocycles. The smallest absolute Gasteiger partial charge is 0.404 e. The molecule has 0 atom stereocenters. The highest BCUT2D eigenvalue weighted by atomic mass is 19.4. The zero-order chi connectivity index (χ0) is 15.8. The molecular weight excluding hydrogens is 285 g/mol. The third-order valence-corrected chi connectivity index (χ3v) is 3.53. The van der Waals surface area contributed by atoms with Gasteiger partial charge >= 0.3 is 6.36 Å². The van der Waals surface area contributed by atoms with Crippen LogP contribution in [0.5, 0.6) is 5.75 Å². The van der Waals surface area contributed by atoms with Crippen molar-refractivity contribution >= 4 is 11.6 Å². The first-order chi connectivity index (χ1) is 9.58. The van der Waals surface area contributed by atoms with Gasteiger partial charge in [-0.3, -0.25) is 4.79 Å². The molecule has 0 aromatic heterocycles. The number of anilines is 1. The molecule has 1 saturated carbocycles. The molecule has 4 nitrogen and oxygen atoms in total. The van der Waals surface area contributed by atoms with Crippen LogP contribution >= 0.6 is 0 Å². The highest BCUT2D eigenvalue weighted by Crippen LogP contribution is 2.39. The van der Waals surface area contributed by atoms with Gasteiger partial charge in [0.25, 0.3) is 5.91 Å². The minimum absolute atomic E-state index is 0.204. The van der Waals surface area contributed by atoms with Gasteiger partial charge in [0.1, 0.15) is 0 Å². The van der Waals surface area contributed by atoms with Crippen LogP contribution in [0.2, 0.25) is 0 Å². The summed E-state index contributed by atoms with van der Waals surface area (Å²) in [4.78, 5) is 12.1. The molecule has 0 heterocycles. The van der Waals surface area contributed by atoms with Crippen molar-refractivity contribution in [3.63, 3.8) is 0 Å². The van der Waals surface area contributed by atoms with Gasteiger partial charge in [-0.2, -0.15) is 0 Å². The van der Waals surface area contributed by atoms with Gasteiger partial charge in [-0.25, -0.2) is 0 Å². The maximum absolute atomic E-state index is 12.1. The Bertz CT molecular complexity index is 552. The minimum Gasteiger partial charge on any atom is -0.404 e. The van der Waals surface area contributed by atoms with Crippen molar-refractivity contribution in [1.82, 2.24) is 5.32 Å². The van der Waals surface area contributed by atoms with Crippen LogP contribution in [0.25, 0.3) is 0 Å². The Morgan fingerprint density at radius 2 is 1.95 bits per heavy atom. The molecule has 0 bridgehead atoms. The lowest BCUT2D eigenvalue weighted by atomic mass is 9.98. The summed E-state index contributed by atoms with van der Waals surface area (Å²) >= 11 is 0. The zero-order valence-corrected chi connectivity index (χ0v) is 11.8. The van der Waals surface area contributed by atoms with Crippen molar-refractivity contribution in [3.8, 4) is 5.75 Å². The molecule has 1 amide bonds. The van der Waals surface area contributed by atoms with Crippen molar-refractivity contribution in [3.05, 3.63) is 23.8 Å². The van der Waals surface area contributed by atoms with Gasteiger partial charge in [-0.15, -0.1) is 13.2 Å². The number of rotatable bonds is 4. The Morgan fingerprint density at radius 3 is 2.43 bits per heavy atom. The standard InChI is InChI=1S/C14H17F3N2O2/c1-13(2,9-4-5-9)19-12(20)8-3-6-11(10(18)7-8)21-14(15,16)17/h3,6-7,9H,4-5,18H2,1-2H3,(H,19,20). The van der Waals surface area contributed by atoms with Crippen molar-refractivity contribution in [1.29, 1.82) is 0 Å². The van der Waals surface area contributed by atoms with Crippen molar-refractivity contribution in [2.45, 2.75) is 38.6 Å². The number of nitrogen functional groups attached to an aromatic ring is 1. The van der Waals surface area contributed by atoms with E-state index in [2.05, 4.69) is 10.1 Å². The molecule has 0 saturated heterocycles. The summed E-state index contributed by atoms with van der Waals surface area (Å²) in [5, 5.41) is 2.87. The van der Waals surface area contributed by atoms with Crippen molar-refractivity contribution in [2.75, 3.05) is 5.73 Å². The van der Waals surface area contributed by atoms with Gasteiger partial charge in [0.15, 0.2) is 5.75 Å². The Hall–Kier alpha value is -1.92. The second-order valence-corrected chi connectivity index (χ2v) is 5.75. The van der Waals surface area contributed by atoms with E-state index in [-0.39, 0.29) is 22.7 Å². The van der Waals surface area contributed by atoms with E-state index in [9.17, 15) is 18.0 Å². The number of hydrogen-bond acceptors (Lipinski definition) is 3. The first kappa shape index (κ1) is 15.5. The van der Waals surface area contributed by atoms with Crippen LogP contribution in [-0.2, 0) is 0 Å². The summed E-state index contributed by atoms with van der Waals surface area (Å²) < 4.78 is 40.2. The number of alkyl halides is 3. The van der Waals surface area contributed by atoms with Crippen LogP contribution in [0.4, 0.5) is 18.9 Å². The first-order valence-electron chi connectivity index (χ1n) is 6.56. The number of benzene rings is 1. The molecule has 116 valence electrons. The van der Waals surface area contributed by atoms with E-state index >= 15 is 0 Å². The number of nitrogens with two attached hydrogens (primary N) is 1. The molecule has 1 aromatic rings. The van der Waals surface area contributed by atoms with E-state index in [4.69, 9.17) is 5.73 Å². The molecule has 0 unspecified atom stereocenters. The van der Waals surface area contributed by atoms with Gasteiger partial charge in [-0.05, 0) is 50.8 Å². The lowest BCUT2D eigenvalue weighted by Crippen LogP contribution is -2.45. The molecule has 3 N–H and O–H groups in total. The second kappa shape index (κ2) is 5.13. The average Bonchev–Trinajstić information content (AvgIpc) is 3.13. The quantitative estimate of drug-likeness (QED) is 0.840. The van der Waals surface area contributed by atoms with Crippen LogP contribution in [-0.4, -0.2) is 17.8 Å². The van der Waals surface area contributed by atoms with Crippen LogP contribution in [0.15, 0.2) is 18.2 Å². The molecule has 21 heavy (non-hydrogen) atoms. The normalized spacial score (nSPS) is 15.7. The number of carbonyl (C=O) groups excluding carboxylic acids is 1. The van der Waals surface area contributed by atoms with Gasteiger partial charge < -0.3 is 15.8 Å². The third-order valence-electron chi connectivity index (χ3n) is 3.53. The predicted octanol–water partition coefficient (Wildman–Crippen LogP) is 3.09. The molecule has 0 spiro atoms. The molecule has 1 fully saturated rings. The average molecular weight is 302 g/mol. The summed E-state index contributed by atoms with van der Waals surface area (Å²) in [6.07, 6.45) is -2.69. The lowest BCUT2D eigenvalue weighted by Gasteiger charge is -2.26. The van der Waals surface area contributed by atoms with Crippen molar-refractivity contribution in [2.24, 2.45) is 5.92 Å². The number of amides is 1. The Balaban J connectivity index is 2.10. The monoisotopic (exact) mass is 302 g/mol. The number of nitrogens with one attached hydrogen (secondary N) is 1. The van der Waals surface area contributed by atoms with E-state index in [0.717, 1.165) is 18.9 Å². The summed E-state index contributed by atoms with van der Waals surface area (Å²) in [7, 11) is 0. The number of hydrogen-bond donors (Lipinski definition) is 2. The number of halogens is 3. The van der Waals surface area contributed by atoms with Crippen LogP contribution in [0.1, 0.15) is 37.0 Å². The van der Waals surface area contributed by atoms with Gasteiger partial charge in [0, 0.05) is 11.1 Å². The molecule has 2 rings (SSSR count). The first-order valence-corrected chi connectivity index (χ1v) is 6.56. The second-order valence-electron chi connectivity index (χ2n) is 5.75. The van der Waals surface area contributed by atoms with Crippen LogP contribution < -0.4 is 15.8 Å². The van der Waals surface area contributed by atoms with Gasteiger partial charge in [-0.1, -0.05) is 0 Å². The fourth-order valence-corrected chi connectivity index (χ4v) is 2.18. The molecule has 1 aromatic carbocycles. The molecule has 7 heteroatoms. The van der Waals surface area contributed by atoms with Gasteiger partial charge in [0.05, 0.1) is 5.69 Å². The fraction of sp³-hybridized carbons (Fsp3) is 0.500. The minimum atomic E-state index is -4.81. The van der Waals surface area contributed by atoms with E-state index < -0.39 is 12.1 Å². The summed E-state index contributed by atoms with van der Waals surface area (Å²) in [5.74, 6) is -0.440. The topological polar surface area (TPSA) is 64.3 Å². The number of ether oxygens (including phenoxy) is 1. The molecule has 0 radical (unpaired) electrons. The molecule has 1 aliphatic rings. The summed E-state index contributed by atoms with van der Waals surface area (Å²) in [5.41, 5.74) is 5.13. The van der Waals surface area contributed by atoms with Crippen LogP contribution in [0, 0.1) is 5.92 Å². The predicted molar refractivity (Wildman–Crippen MR) is 71.8 cm³/mol. The Labute approximate surface area is 120 Å². The van der Waals surface area contributed by atoms with E-state index in [1.165, 1.54) is 12.1 Å². The summed E-state index contributed by atoms with van der Waals surface area (Å²) in [6.45, 7) is 3.85. The maximum atomic E-state index is 12.1. The maximum Gasteiger partial charge on any atom is 0.573 e. The van der Waals surface area contributed by atoms with E-state index in [1.54, 1.807) is 0 Å². The van der Waals surface area contributed by atoms with E-state index in [0.29, 0.717) is 5.92 Å². The Kier molecular flexibility index (Phi) is 3.78. The Morgan fingerprint density at radius 1 is 1.33 bits per heavy atom. The molecular formula is C14H17F3N2O2. The SMILES string of the molecule is CC(C)(NC(=O)c1ccc(OC(F)(F)F)c(N)c1)C1CC1. The number of carbonyl (C=O) groups is 1. The highest BCUT2D eigenvalue weighted by molar-refractivity contribution is 5.96.